The average molecular weight is 293 g/mol. The summed E-state index contributed by atoms with van der Waals surface area (Å²) < 4.78 is 30.7. The molecule has 0 bridgehead atoms. The summed E-state index contributed by atoms with van der Waals surface area (Å²) in [6.07, 6.45) is -0.929. The van der Waals surface area contributed by atoms with Gasteiger partial charge in [0.05, 0.1) is 6.61 Å². The maximum atomic E-state index is 12.7. The first-order valence-electron chi connectivity index (χ1n) is 5.28. The van der Waals surface area contributed by atoms with Crippen LogP contribution in [-0.2, 0) is 6.42 Å². The molecule has 0 saturated heterocycles. The molecule has 0 fully saturated rings. The van der Waals surface area contributed by atoms with E-state index in [9.17, 15) is 8.78 Å². The van der Waals surface area contributed by atoms with E-state index < -0.39 is 6.43 Å². The zero-order valence-corrected chi connectivity index (χ0v) is 10.8. The highest BCUT2D eigenvalue weighted by Gasteiger charge is 2.13. The molecule has 1 aromatic rings. The molecule has 4 heteroatoms. The number of aryl methyl sites for hydroxylation is 1. The number of halogens is 3. The number of rotatable bonds is 6. The van der Waals surface area contributed by atoms with Crippen LogP contribution in [0.4, 0.5) is 8.78 Å². The molecule has 0 saturated carbocycles. The molecular formula is C12H15BrF2O. The lowest BCUT2D eigenvalue weighted by molar-refractivity contribution is 0.150. The molecule has 0 aromatic heterocycles. The van der Waals surface area contributed by atoms with E-state index in [2.05, 4.69) is 15.9 Å². The minimum absolute atomic E-state index is 0.115. The molecule has 0 heterocycles. The second kappa shape index (κ2) is 6.84. The van der Waals surface area contributed by atoms with Gasteiger partial charge in [-0.2, -0.15) is 0 Å². The highest BCUT2D eigenvalue weighted by molar-refractivity contribution is 9.09. The largest absolute Gasteiger partial charge is 0.494 e. The minimum atomic E-state index is -2.42. The van der Waals surface area contributed by atoms with Crippen LogP contribution < -0.4 is 4.74 Å². The SMILES string of the molecule is CCOc1ccc(C(F)F)c(CCCBr)c1. The van der Waals surface area contributed by atoms with Gasteiger partial charge in [0.25, 0.3) is 6.43 Å². The second-order valence-corrected chi connectivity index (χ2v) is 4.18. The Morgan fingerprint density at radius 1 is 1.38 bits per heavy atom. The fraction of sp³-hybridized carbons (Fsp3) is 0.500. The Bertz CT molecular complexity index is 329. The van der Waals surface area contributed by atoms with E-state index in [4.69, 9.17) is 4.74 Å². The molecule has 1 nitrogen and oxygen atoms in total. The highest BCUT2D eigenvalue weighted by atomic mass is 79.9. The van der Waals surface area contributed by atoms with Gasteiger partial charge in [0.2, 0.25) is 0 Å². The van der Waals surface area contributed by atoms with E-state index in [1.807, 2.05) is 6.92 Å². The number of hydrogen-bond donors (Lipinski definition) is 0. The average Bonchev–Trinajstić information content (AvgIpc) is 2.26. The van der Waals surface area contributed by atoms with Crippen molar-refractivity contribution in [2.24, 2.45) is 0 Å². The van der Waals surface area contributed by atoms with E-state index >= 15 is 0 Å². The smallest absolute Gasteiger partial charge is 0.264 e. The molecular weight excluding hydrogens is 278 g/mol. The Hall–Kier alpha value is -0.640. The van der Waals surface area contributed by atoms with Crippen molar-refractivity contribution in [2.45, 2.75) is 26.2 Å². The van der Waals surface area contributed by atoms with Crippen LogP contribution in [0.5, 0.6) is 5.75 Å². The Morgan fingerprint density at radius 2 is 2.12 bits per heavy atom. The van der Waals surface area contributed by atoms with Gasteiger partial charge in [-0.3, -0.25) is 0 Å². The van der Waals surface area contributed by atoms with Gasteiger partial charge in [0.1, 0.15) is 5.75 Å². The van der Waals surface area contributed by atoms with Gasteiger partial charge < -0.3 is 4.74 Å². The molecule has 16 heavy (non-hydrogen) atoms. The summed E-state index contributed by atoms with van der Waals surface area (Å²) in [7, 11) is 0. The van der Waals surface area contributed by atoms with E-state index in [0.717, 1.165) is 11.8 Å². The Balaban J connectivity index is 2.91. The van der Waals surface area contributed by atoms with Gasteiger partial charge >= 0.3 is 0 Å². The molecule has 0 radical (unpaired) electrons. The fourth-order valence-electron chi connectivity index (χ4n) is 1.53. The molecule has 0 unspecified atom stereocenters. The number of benzene rings is 1. The maximum Gasteiger partial charge on any atom is 0.264 e. The van der Waals surface area contributed by atoms with Crippen LogP contribution in [0.2, 0.25) is 0 Å². The Labute approximate surface area is 103 Å². The molecule has 1 rings (SSSR count). The van der Waals surface area contributed by atoms with Crippen molar-refractivity contribution in [1.29, 1.82) is 0 Å². The molecule has 0 aliphatic heterocycles. The standard InChI is InChI=1S/C12H15BrF2O/c1-2-16-10-5-6-11(12(14)15)9(8-10)4-3-7-13/h5-6,8,12H,2-4,7H2,1H3. The third-order valence-corrected chi connectivity index (χ3v) is 2.80. The van der Waals surface area contributed by atoms with Gasteiger partial charge in [-0.25, -0.2) is 8.78 Å². The van der Waals surface area contributed by atoms with Crippen molar-refractivity contribution in [3.05, 3.63) is 29.3 Å². The topological polar surface area (TPSA) is 9.23 Å². The first kappa shape index (κ1) is 13.4. The summed E-state index contributed by atoms with van der Waals surface area (Å²) in [5.74, 6) is 0.663. The zero-order valence-electron chi connectivity index (χ0n) is 9.18. The summed E-state index contributed by atoms with van der Waals surface area (Å²) in [5.41, 5.74) is 0.796. The highest BCUT2D eigenvalue weighted by Crippen LogP contribution is 2.27. The monoisotopic (exact) mass is 292 g/mol. The van der Waals surface area contributed by atoms with Gasteiger partial charge in [-0.1, -0.05) is 15.9 Å². The van der Waals surface area contributed by atoms with Gasteiger partial charge in [0.15, 0.2) is 0 Å². The minimum Gasteiger partial charge on any atom is -0.494 e. The second-order valence-electron chi connectivity index (χ2n) is 3.39. The lowest BCUT2D eigenvalue weighted by Gasteiger charge is -2.11. The van der Waals surface area contributed by atoms with E-state index in [0.29, 0.717) is 24.3 Å². The lowest BCUT2D eigenvalue weighted by Crippen LogP contribution is -1.98. The number of hydrogen-bond acceptors (Lipinski definition) is 1. The van der Waals surface area contributed by atoms with Crippen molar-refractivity contribution < 1.29 is 13.5 Å². The molecule has 0 N–H and O–H groups in total. The number of alkyl halides is 3. The van der Waals surface area contributed by atoms with Crippen molar-refractivity contribution in [1.82, 2.24) is 0 Å². The Kier molecular flexibility index (Phi) is 5.74. The van der Waals surface area contributed by atoms with Crippen LogP contribution in [0, 0.1) is 0 Å². The van der Waals surface area contributed by atoms with Gasteiger partial charge in [0, 0.05) is 10.9 Å². The van der Waals surface area contributed by atoms with E-state index in [1.54, 1.807) is 12.1 Å². The van der Waals surface area contributed by atoms with Crippen LogP contribution in [0.1, 0.15) is 30.9 Å². The fourth-order valence-corrected chi connectivity index (χ4v) is 1.81. The van der Waals surface area contributed by atoms with Gasteiger partial charge in [-0.15, -0.1) is 0 Å². The first-order chi connectivity index (χ1) is 7.69. The third-order valence-electron chi connectivity index (χ3n) is 2.24. The molecule has 90 valence electrons. The van der Waals surface area contributed by atoms with Crippen molar-refractivity contribution in [3.8, 4) is 5.75 Å². The van der Waals surface area contributed by atoms with Gasteiger partial charge in [-0.05, 0) is 43.5 Å². The normalized spacial score (nSPS) is 10.8. The predicted molar refractivity (Wildman–Crippen MR) is 64.7 cm³/mol. The summed E-state index contributed by atoms with van der Waals surface area (Å²) in [6, 6.07) is 4.77. The van der Waals surface area contributed by atoms with E-state index in [-0.39, 0.29) is 5.56 Å². The Morgan fingerprint density at radius 3 is 2.69 bits per heavy atom. The van der Waals surface area contributed by atoms with Crippen LogP contribution >= 0.6 is 15.9 Å². The van der Waals surface area contributed by atoms with Crippen LogP contribution in [0.15, 0.2) is 18.2 Å². The lowest BCUT2D eigenvalue weighted by atomic mass is 10.0. The first-order valence-corrected chi connectivity index (χ1v) is 6.41. The van der Waals surface area contributed by atoms with Crippen LogP contribution in [0.3, 0.4) is 0 Å². The van der Waals surface area contributed by atoms with Crippen LogP contribution in [-0.4, -0.2) is 11.9 Å². The summed E-state index contributed by atoms with van der Waals surface area (Å²) in [4.78, 5) is 0. The molecule has 0 aliphatic carbocycles. The molecule has 0 aliphatic rings. The number of ether oxygens (including phenoxy) is 1. The summed E-state index contributed by atoms with van der Waals surface area (Å²) in [6.45, 7) is 2.42. The third kappa shape index (κ3) is 3.74. The van der Waals surface area contributed by atoms with E-state index in [1.165, 1.54) is 6.07 Å². The summed E-state index contributed by atoms with van der Waals surface area (Å²) in [5, 5.41) is 0.814. The molecule has 1 aromatic carbocycles. The quantitative estimate of drug-likeness (QED) is 0.708. The molecule has 0 spiro atoms. The predicted octanol–water partition coefficient (Wildman–Crippen LogP) is 4.35. The van der Waals surface area contributed by atoms with Crippen molar-refractivity contribution >= 4 is 15.9 Å². The molecule has 0 atom stereocenters. The van der Waals surface area contributed by atoms with Crippen molar-refractivity contribution in [2.75, 3.05) is 11.9 Å². The van der Waals surface area contributed by atoms with Crippen LogP contribution in [0.25, 0.3) is 0 Å². The molecule has 0 amide bonds. The summed E-state index contributed by atoms with van der Waals surface area (Å²) >= 11 is 3.30. The maximum absolute atomic E-state index is 12.7. The van der Waals surface area contributed by atoms with Crippen molar-refractivity contribution in [3.63, 3.8) is 0 Å². The zero-order chi connectivity index (χ0) is 12.0.